The maximum Gasteiger partial charge on any atom is 0.237 e. The second kappa shape index (κ2) is 6.89. The first kappa shape index (κ1) is 15.0. The fraction of sp³-hybridized carbons (Fsp3) is 0.588. The SMILES string of the molecule is CC(C)c1ccc(C(C)NC(=O)C2CCCCN2)cc1. The molecule has 1 saturated heterocycles. The van der Waals surface area contributed by atoms with E-state index in [2.05, 4.69) is 48.7 Å². The number of amides is 1. The summed E-state index contributed by atoms with van der Waals surface area (Å²) in [7, 11) is 0. The molecule has 1 aliphatic heterocycles. The third-order valence-electron chi connectivity index (χ3n) is 4.09. The molecule has 2 unspecified atom stereocenters. The molecule has 3 heteroatoms. The van der Waals surface area contributed by atoms with Crippen molar-refractivity contribution in [3.05, 3.63) is 35.4 Å². The van der Waals surface area contributed by atoms with Crippen molar-refractivity contribution >= 4 is 5.91 Å². The Labute approximate surface area is 122 Å². The molecular formula is C17H26N2O. The van der Waals surface area contributed by atoms with E-state index in [1.807, 2.05) is 6.92 Å². The van der Waals surface area contributed by atoms with Crippen LogP contribution < -0.4 is 10.6 Å². The van der Waals surface area contributed by atoms with Gasteiger partial charge in [-0.1, -0.05) is 44.5 Å². The van der Waals surface area contributed by atoms with E-state index in [9.17, 15) is 4.79 Å². The second-order valence-electron chi connectivity index (χ2n) is 6.05. The van der Waals surface area contributed by atoms with Crippen molar-refractivity contribution in [2.75, 3.05) is 6.54 Å². The van der Waals surface area contributed by atoms with E-state index in [4.69, 9.17) is 0 Å². The predicted octanol–water partition coefficient (Wildman–Crippen LogP) is 3.13. The van der Waals surface area contributed by atoms with Gasteiger partial charge in [-0.25, -0.2) is 0 Å². The van der Waals surface area contributed by atoms with Gasteiger partial charge in [-0.15, -0.1) is 0 Å². The highest BCUT2D eigenvalue weighted by molar-refractivity contribution is 5.82. The number of benzene rings is 1. The minimum Gasteiger partial charge on any atom is -0.348 e. The van der Waals surface area contributed by atoms with Crippen molar-refractivity contribution in [3.63, 3.8) is 0 Å². The van der Waals surface area contributed by atoms with Crippen LogP contribution in [0.1, 0.15) is 63.1 Å². The highest BCUT2D eigenvalue weighted by Gasteiger charge is 2.21. The van der Waals surface area contributed by atoms with Crippen molar-refractivity contribution in [3.8, 4) is 0 Å². The molecule has 1 fully saturated rings. The Morgan fingerprint density at radius 3 is 2.35 bits per heavy atom. The largest absolute Gasteiger partial charge is 0.348 e. The Balaban J connectivity index is 1.93. The van der Waals surface area contributed by atoms with Crippen LogP contribution in [-0.2, 0) is 4.79 Å². The van der Waals surface area contributed by atoms with Crippen LogP contribution in [0.3, 0.4) is 0 Å². The zero-order valence-corrected chi connectivity index (χ0v) is 12.8. The molecule has 1 aromatic rings. The van der Waals surface area contributed by atoms with Gasteiger partial charge in [-0.05, 0) is 43.4 Å². The fourth-order valence-corrected chi connectivity index (χ4v) is 2.64. The number of nitrogens with one attached hydrogen (secondary N) is 2. The molecule has 0 spiro atoms. The van der Waals surface area contributed by atoms with Gasteiger partial charge < -0.3 is 10.6 Å². The fourth-order valence-electron chi connectivity index (χ4n) is 2.64. The van der Waals surface area contributed by atoms with Crippen LogP contribution in [-0.4, -0.2) is 18.5 Å². The third kappa shape index (κ3) is 3.83. The van der Waals surface area contributed by atoms with Crippen LogP contribution in [0.5, 0.6) is 0 Å². The first-order valence-electron chi connectivity index (χ1n) is 7.71. The van der Waals surface area contributed by atoms with Gasteiger partial charge in [0.1, 0.15) is 0 Å². The first-order valence-corrected chi connectivity index (χ1v) is 7.71. The van der Waals surface area contributed by atoms with Gasteiger partial charge in [0, 0.05) is 0 Å². The highest BCUT2D eigenvalue weighted by atomic mass is 16.2. The molecular weight excluding hydrogens is 248 g/mol. The summed E-state index contributed by atoms with van der Waals surface area (Å²) in [5, 5.41) is 6.40. The molecule has 3 nitrogen and oxygen atoms in total. The van der Waals surface area contributed by atoms with E-state index in [0.717, 1.165) is 19.4 Å². The van der Waals surface area contributed by atoms with Crippen LogP contribution in [0.4, 0.5) is 0 Å². The van der Waals surface area contributed by atoms with Crippen LogP contribution in [0, 0.1) is 0 Å². The van der Waals surface area contributed by atoms with Crippen molar-refractivity contribution in [1.29, 1.82) is 0 Å². The molecule has 0 saturated carbocycles. The molecule has 1 amide bonds. The lowest BCUT2D eigenvalue weighted by molar-refractivity contribution is -0.124. The zero-order valence-electron chi connectivity index (χ0n) is 12.8. The lowest BCUT2D eigenvalue weighted by atomic mass is 9.99. The molecule has 2 rings (SSSR count). The second-order valence-corrected chi connectivity index (χ2v) is 6.05. The van der Waals surface area contributed by atoms with Crippen molar-refractivity contribution < 1.29 is 4.79 Å². The van der Waals surface area contributed by atoms with Gasteiger partial charge in [0.2, 0.25) is 5.91 Å². The maximum atomic E-state index is 12.2. The Hall–Kier alpha value is -1.35. The quantitative estimate of drug-likeness (QED) is 0.885. The summed E-state index contributed by atoms with van der Waals surface area (Å²) in [5.41, 5.74) is 2.50. The molecule has 0 aliphatic carbocycles. The smallest absolute Gasteiger partial charge is 0.237 e. The Kier molecular flexibility index (Phi) is 5.18. The summed E-state index contributed by atoms with van der Waals surface area (Å²) in [6, 6.07) is 8.60. The van der Waals surface area contributed by atoms with E-state index in [-0.39, 0.29) is 18.0 Å². The average Bonchev–Trinajstić information content (AvgIpc) is 2.48. The third-order valence-corrected chi connectivity index (χ3v) is 4.09. The highest BCUT2D eigenvalue weighted by Crippen LogP contribution is 2.19. The molecule has 20 heavy (non-hydrogen) atoms. The number of hydrogen-bond donors (Lipinski definition) is 2. The summed E-state index contributed by atoms with van der Waals surface area (Å²) < 4.78 is 0. The van der Waals surface area contributed by atoms with Crippen LogP contribution in [0.15, 0.2) is 24.3 Å². The molecule has 110 valence electrons. The Morgan fingerprint density at radius 1 is 1.15 bits per heavy atom. The van der Waals surface area contributed by atoms with Gasteiger partial charge in [0.25, 0.3) is 0 Å². The minimum absolute atomic E-state index is 0.0128. The molecule has 0 radical (unpaired) electrons. The van der Waals surface area contributed by atoms with Crippen molar-refractivity contribution in [1.82, 2.24) is 10.6 Å². The molecule has 0 aromatic heterocycles. The van der Waals surface area contributed by atoms with Crippen LogP contribution >= 0.6 is 0 Å². The van der Waals surface area contributed by atoms with Crippen molar-refractivity contribution in [2.24, 2.45) is 0 Å². The summed E-state index contributed by atoms with van der Waals surface area (Å²) in [5.74, 6) is 0.672. The standard InChI is InChI=1S/C17H26N2O/c1-12(2)14-7-9-15(10-8-14)13(3)19-17(20)16-6-4-5-11-18-16/h7-10,12-13,16,18H,4-6,11H2,1-3H3,(H,19,20). The Morgan fingerprint density at radius 2 is 1.80 bits per heavy atom. The topological polar surface area (TPSA) is 41.1 Å². The lowest BCUT2D eigenvalue weighted by Gasteiger charge is -2.24. The van der Waals surface area contributed by atoms with Gasteiger partial charge in [0.05, 0.1) is 12.1 Å². The van der Waals surface area contributed by atoms with E-state index in [1.165, 1.54) is 17.5 Å². The van der Waals surface area contributed by atoms with Crippen LogP contribution in [0.2, 0.25) is 0 Å². The summed E-state index contributed by atoms with van der Waals surface area (Å²) >= 11 is 0. The molecule has 2 N–H and O–H groups in total. The number of carbonyl (C=O) groups excluding carboxylic acids is 1. The molecule has 0 bridgehead atoms. The van der Waals surface area contributed by atoms with Gasteiger partial charge in [-0.3, -0.25) is 4.79 Å². The molecule has 2 atom stereocenters. The van der Waals surface area contributed by atoms with Gasteiger partial charge in [-0.2, -0.15) is 0 Å². The summed E-state index contributed by atoms with van der Waals surface area (Å²) in [6.45, 7) is 7.38. The van der Waals surface area contributed by atoms with E-state index in [0.29, 0.717) is 5.92 Å². The molecule has 1 aliphatic rings. The number of hydrogen-bond acceptors (Lipinski definition) is 2. The van der Waals surface area contributed by atoms with E-state index >= 15 is 0 Å². The summed E-state index contributed by atoms with van der Waals surface area (Å²) in [6.07, 6.45) is 3.27. The average molecular weight is 274 g/mol. The number of piperidine rings is 1. The monoisotopic (exact) mass is 274 g/mol. The van der Waals surface area contributed by atoms with Crippen molar-refractivity contribution in [2.45, 2.75) is 58.0 Å². The van der Waals surface area contributed by atoms with Crippen LogP contribution in [0.25, 0.3) is 0 Å². The van der Waals surface area contributed by atoms with E-state index < -0.39 is 0 Å². The molecule has 1 heterocycles. The number of carbonyl (C=O) groups is 1. The van der Waals surface area contributed by atoms with E-state index in [1.54, 1.807) is 0 Å². The number of rotatable bonds is 4. The normalized spacial score (nSPS) is 20.7. The first-order chi connectivity index (χ1) is 9.58. The van der Waals surface area contributed by atoms with Gasteiger partial charge in [0.15, 0.2) is 0 Å². The predicted molar refractivity (Wildman–Crippen MR) is 82.7 cm³/mol. The molecule has 1 aromatic carbocycles. The zero-order chi connectivity index (χ0) is 14.5. The summed E-state index contributed by atoms with van der Waals surface area (Å²) in [4.78, 5) is 12.2. The lowest BCUT2D eigenvalue weighted by Crippen LogP contribution is -2.47. The Bertz CT molecular complexity index is 433. The minimum atomic E-state index is -0.0128. The van der Waals surface area contributed by atoms with Gasteiger partial charge >= 0.3 is 0 Å². The maximum absolute atomic E-state index is 12.2.